The monoisotopic (exact) mass is 391 g/mol. The van der Waals surface area contributed by atoms with Crippen molar-refractivity contribution in [3.05, 3.63) is 0 Å². The maximum atomic E-state index is 9.80. The Hall–Kier alpha value is -0.0500. The van der Waals surface area contributed by atoms with E-state index in [1.54, 1.807) is 0 Å². The molecule has 0 amide bonds. The van der Waals surface area contributed by atoms with Crippen molar-refractivity contribution >= 4 is 9.03 Å². The molecule has 0 aromatic heterocycles. The average Bonchev–Trinajstić information content (AvgIpc) is 2.61. The normalized spacial score (nSPS) is 48.5. The highest BCUT2D eigenvalue weighted by molar-refractivity contribution is 7.26. The average molecular weight is 391 g/mol. The van der Waals surface area contributed by atoms with Gasteiger partial charge in [-0.3, -0.25) is 0 Å². The van der Waals surface area contributed by atoms with Gasteiger partial charge in [0, 0.05) is 0 Å². The van der Waals surface area contributed by atoms with E-state index in [2.05, 4.69) is 0 Å². The molecule has 2 rings (SSSR count). The molecule has 13 heteroatoms. The molecule has 2 heterocycles. The van der Waals surface area contributed by atoms with Gasteiger partial charge in [0.25, 0.3) is 9.03 Å². The number of aliphatic hydroxyl groups excluding tert-OH is 8. The van der Waals surface area contributed by atoms with Crippen molar-refractivity contribution in [2.45, 2.75) is 61.4 Å². The molecule has 2 aliphatic rings. The van der Waals surface area contributed by atoms with Crippen LogP contribution in [0.25, 0.3) is 0 Å². The van der Waals surface area contributed by atoms with Gasteiger partial charge in [-0.15, -0.1) is 0 Å². The molecule has 148 valence electrons. The first-order valence-electron chi connectivity index (χ1n) is 7.55. The molecule has 0 unspecified atom stereocenters. The number of ether oxygens (including phenoxy) is 2. The van der Waals surface area contributed by atoms with Gasteiger partial charge in [0.15, 0.2) is 0 Å². The predicted molar refractivity (Wildman–Crippen MR) is 79.4 cm³/mol. The van der Waals surface area contributed by atoms with Crippen LogP contribution in [0.2, 0.25) is 0 Å². The van der Waals surface area contributed by atoms with Gasteiger partial charge in [-0.1, -0.05) is 0 Å². The molecule has 2 aliphatic heterocycles. The zero-order valence-electron chi connectivity index (χ0n) is 13.0. The highest BCUT2D eigenvalue weighted by Crippen LogP contribution is 2.31. The zero-order chi connectivity index (χ0) is 18.7. The third-order valence-electron chi connectivity index (χ3n) is 4.08. The van der Waals surface area contributed by atoms with Gasteiger partial charge in [-0.25, -0.2) is 0 Å². The van der Waals surface area contributed by atoms with E-state index in [1.807, 2.05) is 0 Å². The summed E-state index contributed by atoms with van der Waals surface area (Å²) in [6, 6.07) is 0. The van der Waals surface area contributed by atoms with Gasteiger partial charge < -0.3 is 50.3 Å². The topological polar surface area (TPSA) is 199 Å². The first-order chi connectivity index (χ1) is 11.8. The third-order valence-corrected chi connectivity index (χ3v) is 4.83. The Kier molecular flexibility index (Phi) is 7.85. The van der Waals surface area contributed by atoms with Crippen LogP contribution in [0, 0.1) is 0 Å². The maximum Gasteiger partial charge on any atom is 0.259 e. The van der Waals surface area contributed by atoms with Crippen LogP contribution in [-0.4, -0.2) is 115 Å². The summed E-state index contributed by atoms with van der Waals surface area (Å²) in [5.41, 5.74) is 0. The minimum Gasteiger partial charge on any atom is -0.394 e. The van der Waals surface area contributed by atoms with Crippen LogP contribution < -0.4 is 0 Å². The second-order valence-electron chi connectivity index (χ2n) is 5.76. The van der Waals surface area contributed by atoms with Gasteiger partial charge >= 0.3 is 0 Å². The third kappa shape index (κ3) is 4.62. The van der Waals surface area contributed by atoms with Crippen LogP contribution in [0.4, 0.5) is 0 Å². The molecular weight excluding hydrogens is 367 g/mol. The fraction of sp³-hybridized carbons (Fsp3) is 1.00. The molecule has 10 atom stereocenters. The number of rotatable bonds is 6. The quantitative estimate of drug-likeness (QED) is 0.201. The zero-order valence-corrected chi connectivity index (χ0v) is 14.1. The molecule has 0 aliphatic carbocycles. The molecule has 0 saturated carbocycles. The lowest BCUT2D eigenvalue weighted by molar-refractivity contribution is -0.288. The van der Waals surface area contributed by atoms with E-state index >= 15 is 0 Å². The van der Waals surface area contributed by atoms with E-state index in [9.17, 15) is 30.6 Å². The molecular formula is C12H24O12P+. The Balaban J connectivity index is 1.87. The Morgan fingerprint density at radius 2 is 0.960 bits per heavy atom. The van der Waals surface area contributed by atoms with Crippen LogP contribution in [0.3, 0.4) is 0 Å². The van der Waals surface area contributed by atoms with Gasteiger partial charge in [-0.2, -0.15) is 9.05 Å². The molecule has 12 nitrogen and oxygen atoms in total. The minimum atomic E-state index is -1.61. The first-order valence-corrected chi connectivity index (χ1v) is 8.49. The Morgan fingerprint density at radius 1 is 0.600 bits per heavy atom. The van der Waals surface area contributed by atoms with E-state index in [1.165, 1.54) is 0 Å². The molecule has 8 N–H and O–H groups in total. The molecule has 0 bridgehead atoms. The SMILES string of the molecule is OC[C@H]1O[C@@H](O[PH2+]O[C@@H]2O[C@H](CO)[C@@H](O)[C@H](O)[C@H]2O)[C@H](O)[C@@H](O)[C@@H]1O. The van der Waals surface area contributed by atoms with E-state index in [0.29, 0.717) is 0 Å². The summed E-state index contributed by atoms with van der Waals surface area (Å²) in [4.78, 5) is 0. The van der Waals surface area contributed by atoms with Crippen molar-refractivity contribution in [3.8, 4) is 0 Å². The van der Waals surface area contributed by atoms with Crippen molar-refractivity contribution < 1.29 is 59.4 Å². The Bertz CT molecular complexity index is 376. The molecule has 0 spiro atoms. The van der Waals surface area contributed by atoms with E-state index < -0.39 is 83.7 Å². The number of hydrogen-bond donors (Lipinski definition) is 8. The summed E-state index contributed by atoms with van der Waals surface area (Å²) in [5.74, 6) is 0. The summed E-state index contributed by atoms with van der Waals surface area (Å²) >= 11 is 0. The second-order valence-corrected chi connectivity index (χ2v) is 6.50. The summed E-state index contributed by atoms with van der Waals surface area (Å²) in [5, 5.41) is 76.3. The Morgan fingerprint density at radius 3 is 1.28 bits per heavy atom. The largest absolute Gasteiger partial charge is 0.394 e. The van der Waals surface area contributed by atoms with Crippen molar-refractivity contribution in [2.75, 3.05) is 13.2 Å². The molecule has 0 radical (unpaired) electrons. The molecule has 25 heavy (non-hydrogen) atoms. The lowest BCUT2D eigenvalue weighted by Gasteiger charge is -2.39. The lowest BCUT2D eigenvalue weighted by Crippen LogP contribution is -2.59. The first kappa shape index (κ1) is 21.3. The van der Waals surface area contributed by atoms with Crippen LogP contribution in [0.1, 0.15) is 0 Å². The number of aliphatic hydroxyl groups is 8. The predicted octanol–water partition coefficient (Wildman–Crippen LogP) is -5.14. The molecule has 2 fully saturated rings. The van der Waals surface area contributed by atoms with Gasteiger partial charge in [0.1, 0.15) is 48.8 Å². The van der Waals surface area contributed by atoms with Crippen molar-refractivity contribution in [1.29, 1.82) is 0 Å². The molecule has 2 saturated heterocycles. The standard InChI is InChI=1S/C12H24O12P/c13-1-3-5(15)7(17)9(19)11(21-3)23-25-24-12-10(20)8(18)6(16)4(2-14)22-12/h3-20H,1-2,25H2/q+1/t3-,4-,5-,6-,7+,8+,9-,10-,11+,12+/m1/s1. The molecule has 0 aromatic carbocycles. The fourth-order valence-corrected chi connectivity index (χ4v) is 3.23. The van der Waals surface area contributed by atoms with Crippen LogP contribution in [0.15, 0.2) is 0 Å². The minimum absolute atomic E-state index is 0.617. The lowest BCUT2D eigenvalue weighted by atomic mass is 9.99. The highest BCUT2D eigenvalue weighted by Gasteiger charge is 2.47. The van der Waals surface area contributed by atoms with Crippen LogP contribution >= 0.6 is 9.03 Å². The smallest absolute Gasteiger partial charge is 0.259 e. The van der Waals surface area contributed by atoms with Gasteiger partial charge in [0.05, 0.1) is 13.2 Å². The summed E-state index contributed by atoms with van der Waals surface area (Å²) in [7, 11) is -1.45. The summed E-state index contributed by atoms with van der Waals surface area (Å²) in [6.07, 6.45) is -14.6. The van der Waals surface area contributed by atoms with Gasteiger partial charge in [0.2, 0.25) is 12.6 Å². The van der Waals surface area contributed by atoms with E-state index in [-0.39, 0.29) is 0 Å². The summed E-state index contributed by atoms with van der Waals surface area (Å²) < 4.78 is 20.5. The number of hydrogen-bond acceptors (Lipinski definition) is 12. The van der Waals surface area contributed by atoms with Crippen LogP contribution in [0.5, 0.6) is 0 Å². The van der Waals surface area contributed by atoms with Gasteiger partial charge in [-0.05, 0) is 0 Å². The van der Waals surface area contributed by atoms with Crippen molar-refractivity contribution in [1.82, 2.24) is 0 Å². The van der Waals surface area contributed by atoms with E-state index in [4.69, 9.17) is 28.7 Å². The van der Waals surface area contributed by atoms with Crippen molar-refractivity contribution in [3.63, 3.8) is 0 Å². The molecule has 0 aromatic rings. The van der Waals surface area contributed by atoms with Crippen LogP contribution in [-0.2, 0) is 18.5 Å². The summed E-state index contributed by atoms with van der Waals surface area (Å²) in [6.45, 7) is -1.23. The maximum absolute atomic E-state index is 9.80. The van der Waals surface area contributed by atoms with Crippen molar-refractivity contribution in [2.24, 2.45) is 0 Å². The fourth-order valence-electron chi connectivity index (χ4n) is 2.50. The van der Waals surface area contributed by atoms with E-state index in [0.717, 1.165) is 0 Å². The highest BCUT2D eigenvalue weighted by atomic mass is 31.1. The Labute approximate surface area is 144 Å². The second kappa shape index (κ2) is 9.24.